The summed E-state index contributed by atoms with van der Waals surface area (Å²) in [7, 11) is 4.01. The molecule has 0 radical (unpaired) electrons. The number of unbranched alkanes of at least 4 members (excludes halogenated alkanes) is 1. The fraction of sp³-hybridized carbons (Fsp3) is 0.562. The Hall–Kier alpha value is -1.59. The van der Waals surface area contributed by atoms with Gasteiger partial charge in [0.15, 0.2) is 0 Å². The molecule has 0 aliphatic rings. The molecule has 1 atom stereocenters. The zero-order chi connectivity index (χ0) is 15.7. The number of benzene rings is 1. The van der Waals surface area contributed by atoms with Gasteiger partial charge in [-0.15, -0.1) is 0 Å². The van der Waals surface area contributed by atoms with Crippen molar-refractivity contribution >= 4 is 11.6 Å². The molecular formula is C16H27N3O2. The van der Waals surface area contributed by atoms with Crippen LogP contribution in [0.25, 0.3) is 0 Å². The minimum absolute atomic E-state index is 0.135. The quantitative estimate of drug-likeness (QED) is 0.731. The lowest BCUT2D eigenvalue weighted by molar-refractivity contribution is -0.117. The fourth-order valence-corrected chi connectivity index (χ4v) is 1.77. The topological polar surface area (TPSA) is 67.6 Å². The number of hydrogen-bond donors (Lipinski definition) is 2. The lowest BCUT2D eigenvalue weighted by Crippen LogP contribution is -2.35. The van der Waals surface area contributed by atoms with Crippen LogP contribution in [0.15, 0.2) is 24.3 Å². The summed E-state index contributed by atoms with van der Waals surface area (Å²) in [5.74, 6) is 0.662. The summed E-state index contributed by atoms with van der Waals surface area (Å²) >= 11 is 0. The van der Waals surface area contributed by atoms with Crippen LogP contribution in [0.2, 0.25) is 0 Å². The Morgan fingerprint density at radius 3 is 2.57 bits per heavy atom. The van der Waals surface area contributed by atoms with Crippen molar-refractivity contribution < 1.29 is 9.53 Å². The third kappa shape index (κ3) is 7.11. The Morgan fingerprint density at radius 1 is 1.33 bits per heavy atom. The Morgan fingerprint density at radius 2 is 2.00 bits per heavy atom. The van der Waals surface area contributed by atoms with E-state index in [1.54, 1.807) is 0 Å². The van der Waals surface area contributed by atoms with Crippen LogP contribution >= 0.6 is 0 Å². The maximum Gasteiger partial charge on any atom is 0.241 e. The van der Waals surface area contributed by atoms with Gasteiger partial charge in [0, 0.05) is 12.2 Å². The number of nitrogens with one attached hydrogen (secondary N) is 1. The second kappa shape index (κ2) is 9.37. The lowest BCUT2D eigenvalue weighted by atomic mass is 10.1. The van der Waals surface area contributed by atoms with Gasteiger partial charge in [0.1, 0.15) is 12.4 Å². The van der Waals surface area contributed by atoms with E-state index in [1.165, 1.54) is 0 Å². The summed E-state index contributed by atoms with van der Waals surface area (Å²) in [4.78, 5) is 13.9. The Kier molecular flexibility index (Phi) is 7.79. The highest BCUT2D eigenvalue weighted by molar-refractivity contribution is 5.94. The molecule has 5 nitrogen and oxygen atoms in total. The Labute approximate surface area is 127 Å². The summed E-state index contributed by atoms with van der Waals surface area (Å²) in [5, 5.41) is 2.82. The number of nitrogens with zero attached hydrogens (tertiary/aromatic N) is 1. The summed E-state index contributed by atoms with van der Waals surface area (Å²) < 4.78 is 5.60. The van der Waals surface area contributed by atoms with Crippen molar-refractivity contribution in [1.29, 1.82) is 0 Å². The predicted molar refractivity (Wildman–Crippen MR) is 86.6 cm³/mol. The molecule has 0 saturated carbocycles. The van der Waals surface area contributed by atoms with Gasteiger partial charge < -0.3 is 20.7 Å². The van der Waals surface area contributed by atoms with Gasteiger partial charge in [0.05, 0.1) is 6.04 Å². The molecule has 0 fully saturated rings. The van der Waals surface area contributed by atoms with Crippen LogP contribution in [0.1, 0.15) is 26.2 Å². The normalized spacial score (nSPS) is 12.2. The molecular weight excluding hydrogens is 266 g/mol. The van der Waals surface area contributed by atoms with Crippen molar-refractivity contribution in [2.45, 2.75) is 32.2 Å². The first-order valence-corrected chi connectivity index (χ1v) is 7.47. The highest BCUT2D eigenvalue weighted by atomic mass is 16.5. The van der Waals surface area contributed by atoms with E-state index in [0.717, 1.165) is 30.8 Å². The predicted octanol–water partition coefficient (Wildman–Crippen LogP) is 2.08. The van der Waals surface area contributed by atoms with Gasteiger partial charge in [-0.3, -0.25) is 4.79 Å². The number of anilines is 1. The largest absolute Gasteiger partial charge is 0.492 e. The van der Waals surface area contributed by atoms with Crippen LogP contribution in [0.4, 0.5) is 5.69 Å². The van der Waals surface area contributed by atoms with Crippen molar-refractivity contribution in [3.63, 3.8) is 0 Å². The number of rotatable bonds is 9. The zero-order valence-electron chi connectivity index (χ0n) is 13.3. The molecule has 1 aromatic carbocycles. The Bertz CT molecular complexity index is 418. The van der Waals surface area contributed by atoms with Gasteiger partial charge in [-0.05, 0) is 44.8 Å². The smallest absolute Gasteiger partial charge is 0.241 e. The molecule has 118 valence electrons. The number of likely N-dealkylation sites (N-methyl/N-ethyl adjacent to an activating group) is 1. The first-order valence-electron chi connectivity index (χ1n) is 7.47. The molecule has 3 N–H and O–H groups in total. The SMILES string of the molecule is CCCC[C@H](N)C(=O)Nc1ccc(OCCN(C)C)cc1. The standard InChI is InChI=1S/C16H27N3O2/c1-4-5-6-15(17)16(20)18-13-7-9-14(10-8-13)21-12-11-19(2)3/h7-10,15H,4-6,11-12,17H2,1-3H3,(H,18,20)/t15-/m0/s1. The highest BCUT2D eigenvalue weighted by Gasteiger charge is 2.12. The maximum atomic E-state index is 11.9. The number of nitrogens with two attached hydrogens (primary N) is 1. The van der Waals surface area contributed by atoms with Crippen LogP contribution in [0, 0.1) is 0 Å². The lowest BCUT2D eigenvalue weighted by Gasteiger charge is -2.13. The molecule has 1 amide bonds. The van der Waals surface area contributed by atoms with Gasteiger partial charge in [-0.2, -0.15) is 0 Å². The molecule has 0 aromatic heterocycles. The third-order valence-corrected chi connectivity index (χ3v) is 3.13. The number of amides is 1. The zero-order valence-corrected chi connectivity index (χ0v) is 13.3. The third-order valence-electron chi connectivity index (χ3n) is 3.13. The van der Waals surface area contributed by atoms with Gasteiger partial charge in [0.25, 0.3) is 0 Å². The average molecular weight is 293 g/mol. The van der Waals surface area contributed by atoms with Crippen LogP contribution < -0.4 is 15.8 Å². The number of carbonyl (C=O) groups is 1. The molecule has 5 heteroatoms. The molecule has 0 saturated heterocycles. The molecule has 0 bridgehead atoms. The first kappa shape index (κ1) is 17.5. The summed E-state index contributed by atoms with van der Waals surface area (Å²) in [6.45, 7) is 3.59. The van der Waals surface area contributed by atoms with E-state index < -0.39 is 6.04 Å². The second-order valence-electron chi connectivity index (χ2n) is 5.41. The minimum atomic E-state index is -0.444. The van der Waals surface area contributed by atoms with Crippen LogP contribution in [0.5, 0.6) is 5.75 Å². The molecule has 0 aliphatic carbocycles. The van der Waals surface area contributed by atoms with E-state index in [1.807, 2.05) is 38.4 Å². The van der Waals surface area contributed by atoms with E-state index in [0.29, 0.717) is 13.0 Å². The van der Waals surface area contributed by atoms with Crippen molar-refractivity contribution in [2.75, 3.05) is 32.6 Å². The minimum Gasteiger partial charge on any atom is -0.492 e. The van der Waals surface area contributed by atoms with E-state index in [4.69, 9.17) is 10.5 Å². The van der Waals surface area contributed by atoms with Crippen molar-refractivity contribution in [3.8, 4) is 5.75 Å². The number of carbonyl (C=O) groups excluding carboxylic acids is 1. The number of hydrogen-bond acceptors (Lipinski definition) is 4. The molecule has 0 aliphatic heterocycles. The van der Waals surface area contributed by atoms with Gasteiger partial charge in [-0.25, -0.2) is 0 Å². The van der Waals surface area contributed by atoms with Crippen LogP contribution in [0.3, 0.4) is 0 Å². The van der Waals surface area contributed by atoms with Crippen LogP contribution in [-0.4, -0.2) is 44.1 Å². The maximum absolute atomic E-state index is 11.9. The summed E-state index contributed by atoms with van der Waals surface area (Å²) in [6.07, 6.45) is 2.72. The van der Waals surface area contributed by atoms with Crippen molar-refractivity contribution in [3.05, 3.63) is 24.3 Å². The van der Waals surface area contributed by atoms with Crippen molar-refractivity contribution in [2.24, 2.45) is 5.73 Å². The molecule has 1 aromatic rings. The fourth-order valence-electron chi connectivity index (χ4n) is 1.77. The van der Waals surface area contributed by atoms with Crippen LogP contribution in [-0.2, 0) is 4.79 Å². The molecule has 0 unspecified atom stereocenters. The summed E-state index contributed by atoms with van der Waals surface area (Å²) in [6, 6.07) is 6.91. The van der Waals surface area contributed by atoms with E-state index in [-0.39, 0.29) is 5.91 Å². The summed E-state index contributed by atoms with van der Waals surface area (Å²) in [5.41, 5.74) is 6.58. The average Bonchev–Trinajstić information content (AvgIpc) is 2.46. The van der Waals surface area contributed by atoms with E-state index in [2.05, 4.69) is 17.1 Å². The van der Waals surface area contributed by atoms with E-state index >= 15 is 0 Å². The van der Waals surface area contributed by atoms with Gasteiger partial charge in [-0.1, -0.05) is 19.8 Å². The first-order chi connectivity index (χ1) is 10.0. The van der Waals surface area contributed by atoms with Gasteiger partial charge >= 0.3 is 0 Å². The number of ether oxygens (including phenoxy) is 1. The van der Waals surface area contributed by atoms with E-state index in [9.17, 15) is 4.79 Å². The molecule has 0 spiro atoms. The van der Waals surface area contributed by atoms with Gasteiger partial charge in [0.2, 0.25) is 5.91 Å². The van der Waals surface area contributed by atoms with Crippen molar-refractivity contribution in [1.82, 2.24) is 4.90 Å². The Balaban J connectivity index is 2.41. The molecule has 21 heavy (non-hydrogen) atoms. The second-order valence-corrected chi connectivity index (χ2v) is 5.41. The monoisotopic (exact) mass is 293 g/mol. The highest BCUT2D eigenvalue weighted by Crippen LogP contribution is 2.16. The molecule has 0 heterocycles. The molecule has 1 rings (SSSR count).